The molecular weight excluding hydrogens is 168 g/mol. The van der Waals surface area contributed by atoms with Crippen molar-refractivity contribution in [1.29, 1.82) is 0 Å². The van der Waals surface area contributed by atoms with Gasteiger partial charge >= 0.3 is 0 Å². The Bertz CT molecular complexity index is 292. The minimum absolute atomic E-state index is 0.142. The molecule has 0 saturated heterocycles. The van der Waals surface area contributed by atoms with Crippen LogP contribution in [-0.4, -0.2) is 26.8 Å². The number of carbonyl (C=O) groups is 1. The molecule has 13 heavy (non-hydrogen) atoms. The van der Waals surface area contributed by atoms with Gasteiger partial charge in [0.2, 0.25) is 0 Å². The van der Waals surface area contributed by atoms with Gasteiger partial charge in [0.15, 0.2) is 0 Å². The van der Waals surface area contributed by atoms with E-state index >= 15 is 0 Å². The molecule has 1 atom stereocenters. The summed E-state index contributed by atoms with van der Waals surface area (Å²) in [6.45, 7) is 1.64. The Morgan fingerprint density at radius 1 is 1.77 bits per heavy atom. The van der Waals surface area contributed by atoms with Crippen LogP contribution >= 0.6 is 0 Å². The minimum Gasteiger partial charge on any atom is -0.389 e. The molecule has 1 N–H and O–H groups in total. The van der Waals surface area contributed by atoms with Gasteiger partial charge in [-0.1, -0.05) is 0 Å². The molecule has 4 nitrogen and oxygen atoms in total. The third-order valence-electron chi connectivity index (χ3n) is 1.85. The molecule has 0 radical (unpaired) electrons. The van der Waals surface area contributed by atoms with E-state index in [-0.39, 0.29) is 6.42 Å². The van der Waals surface area contributed by atoms with Gasteiger partial charge in [0, 0.05) is 26.1 Å². The second-order valence-corrected chi connectivity index (χ2v) is 3.53. The standard InChI is InChI=1S/C9H14N2O2/c1-9(13,4-6-12)7-8-3-5-11(2)10-8/h3,5-6,13H,4,7H2,1-2H3. The van der Waals surface area contributed by atoms with E-state index in [9.17, 15) is 9.90 Å². The number of aliphatic hydroxyl groups is 1. The highest BCUT2D eigenvalue weighted by molar-refractivity contribution is 5.51. The molecule has 0 spiro atoms. The fraction of sp³-hybridized carbons (Fsp3) is 0.556. The third kappa shape index (κ3) is 2.99. The molecule has 1 unspecified atom stereocenters. The fourth-order valence-corrected chi connectivity index (χ4v) is 1.20. The van der Waals surface area contributed by atoms with Crippen molar-refractivity contribution in [2.75, 3.05) is 0 Å². The van der Waals surface area contributed by atoms with Crippen LogP contribution < -0.4 is 0 Å². The van der Waals surface area contributed by atoms with E-state index in [0.29, 0.717) is 6.42 Å². The molecular formula is C9H14N2O2. The molecule has 0 saturated carbocycles. The zero-order valence-electron chi connectivity index (χ0n) is 7.90. The van der Waals surface area contributed by atoms with Crippen molar-refractivity contribution in [3.8, 4) is 0 Å². The Balaban J connectivity index is 2.62. The Morgan fingerprint density at radius 2 is 2.46 bits per heavy atom. The molecule has 0 aliphatic carbocycles. The van der Waals surface area contributed by atoms with Crippen molar-refractivity contribution in [3.05, 3.63) is 18.0 Å². The lowest BCUT2D eigenvalue weighted by molar-refractivity contribution is -0.111. The first-order valence-electron chi connectivity index (χ1n) is 4.18. The largest absolute Gasteiger partial charge is 0.389 e. The van der Waals surface area contributed by atoms with Crippen molar-refractivity contribution in [2.24, 2.45) is 7.05 Å². The van der Waals surface area contributed by atoms with E-state index in [1.54, 1.807) is 11.6 Å². The molecule has 4 heteroatoms. The van der Waals surface area contributed by atoms with Gasteiger partial charge in [0.05, 0.1) is 11.3 Å². The Morgan fingerprint density at radius 3 is 2.92 bits per heavy atom. The van der Waals surface area contributed by atoms with Crippen LogP contribution in [0, 0.1) is 0 Å². The summed E-state index contributed by atoms with van der Waals surface area (Å²) in [7, 11) is 1.82. The Labute approximate surface area is 77.2 Å². The van der Waals surface area contributed by atoms with Crippen molar-refractivity contribution in [3.63, 3.8) is 0 Å². The number of aldehydes is 1. The van der Waals surface area contributed by atoms with Gasteiger partial charge in [-0.3, -0.25) is 4.68 Å². The van der Waals surface area contributed by atoms with Crippen LogP contribution in [0.5, 0.6) is 0 Å². The Hall–Kier alpha value is -1.16. The summed E-state index contributed by atoms with van der Waals surface area (Å²) in [6, 6.07) is 1.83. The van der Waals surface area contributed by atoms with Crippen molar-refractivity contribution in [2.45, 2.75) is 25.4 Å². The molecule has 0 aliphatic rings. The smallest absolute Gasteiger partial charge is 0.122 e. The lowest BCUT2D eigenvalue weighted by Gasteiger charge is -2.18. The van der Waals surface area contributed by atoms with Gasteiger partial charge in [-0.25, -0.2) is 0 Å². The molecule has 0 aliphatic heterocycles. The molecule has 72 valence electrons. The number of hydrogen-bond donors (Lipinski definition) is 1. The number of rotatable bonds is 4. The molecule has 1 aromatic rings. The van der Waals surface area contributed by atoms with Crippen molar-refractivity contribution < 1.29 is 9.90 Å². The highest BCUT2D eigenvalue weighted by atomic mass is 16.3. The zero-order chi connectivity index (χ0) is 9.90. The van der Waals surface area contributed by atoms with Crippen LogP contribution in [0.15, 0.2) is 12.3 Å². The predicted octanol–water partition coefficient (Wildman–Crippen LogP) is 0.303. The second kappa shape index (κ2) is 3.70. The van der Waals surface area contributed by atoms with Gasteiger partial charge in [0.25, 0.3) is 0 Å². The van der Waals surface area contributed by atoms with Crippen LogP contribution in [0.4, 0.5) is 0 Å². The fourth-order valence-electron chi connectivity index (χ4n) is 1.20. The summed E-state index contributed by atoms with van der Waals surface area (Å²) < 4.78 is 1.67. The van der Waals surface area contributed by atoms with Gasteiger partial charge in [-0.15, -0.1) is 0 Å². The summed E-state index contributed by atoms with van der Waals surface area (Å²) >= 11 is 0. The van der Waals surface area contributed by atoms with Crippen LogP contribution in [0.1, 0.15) is 19.0 Å². The molecule has 0 fully saturated rings. The number of aromatic nitrogens is 2. The zero-order valence-corrected chi connectivity index (χ0v) is 7.90. The maximum Gasteiger partial charge on any atom is 0.122 e. The average molecular weight is 182 g/mol. The van der Waals surface area contributed by atoms with Gasteiger partial charge in [-0.2, -0.15) is 5.10 Å². The predicted molar refractivity (Wildman–Crippen MR) is 48.2 cm³/mol. The molecule has 1 aromatic heterocycles. The van der Waals surface area contributed by atoms with Crippen molar-refractivity contribution >= 4 is 6.29 Å². The number of carbonyl (C=O) groups excluding carboxylic acids is 1. The topological polar surface area (TPSA) is 55.1 Å². The summed E-state index contributed by atoms with van der Waals surface area (Å²) in [5.41, 5.74) is -0.176. The van der Waals surface area contributed by atoms with E-state index in [4.69, 9.17) is 0 Å². The van der Waals surface area contributed by atoms with Gasteiger partial charge < -0.3 is 9.90 Å². The maximum atomic E-state index is 10.2. The number of nitrogens with zero attached hydrogens (tertiary/aromatic N) is 2. The first-order valence-corrected chi connectivity index (χ1v) is 4.18. The summed E-state index contributed by atoms with van der Waals surface area (Å²) in [5, 5.41) is 13.8. The normalized spacial score (nSPS) is 15.3. The summed E-state index contributed by atoms with van der Waals surface area (Å²) in [5.74, 6) is 0. The summed E-state index contributed by atoms with van der Waals surface area (Å²) in [4.78, 5) is 10.2. The van der Waals surface area contributed by atoms with Crippen molar-refractivity contribution in [1.82, 2.24) is 9.78 Å². The van der Waals surface area contributed by atoms with Gasteiger partial charge in [0.1, 0.15) is 6.29 Å². The van der Waals surface area contributed by atoms with E-state index in [1.165, 1.54) is 0 Å². The number of aryl methyl sites for hydroxylation is 1. The Kier molecular flexibility index (Phi) is 2.83. The monoisotopic (exact) mass is 182 g/mol. The van der Waals surface area contributed by atoms with Crippen LogP contribution in [0.25, 0.3) is 0 Å². The molecule has 1 heterocycles. The number of hydrogen-bond acceptors (Lipinski definition) is 3. The summed E-state index contributed by atoms with van der Waals surface area (Å²) in [6.07, 6.45) is 3.09. The third-order valence-corrected chi connectivity index (χ3v) is 1.85. The average Bonchev–Trinajstić information content (AvgIpc) is 2.34. The quantitative estimate of drug-likeness (QED) is 0.681. The maximum absolute atomic E-state index is 10.2. The minimum atomic E-state index is -0.976. The van der Waals surface area contributed by atoms with E-state index in [2.05, 4.69) is 5.10 Å². The van der Waals surface area contributed by atoms with Crippen LogP contribution in [0.2, 0.25) is 0 Å². The lowest BCUT2D eigenvalue weighted by atomic mass is 9.97. The SMILES string of the molecule is Cn1ccc(CC(C)(O)CC=O)n1. The molecule has 0 amide bonds. The molecule has 0 bridgehead atoms. The molecule has 0 aromatic carbocycles. The van der Waals surface area contributed by atoms with E-state index < -0.39 is 5.60 Å². The molecule has 1 rings (SSSR count). The second-order valence-electron chi connectivity index (χ2n) is 3.53. The first-order chi connectivity index (χ1) is 6.03. The van der Waals surface area contributed by atoms with Crippen LogP contribution in [-0.2, 0) is 18.3 Å². The lowest BCUT2D eigenvalue weighted by Crippen LogP contribution is -2.27. The first kappa shape index (κ1) is 9.92. The highest BCUT2D eigenvalue weighted by Gasteiger charge is 2.21. The van der Waals surface area contributed by atoms with Gasteiger partial charge in [-0.05, 0) is 13.0 Å². The van der Waals surface area contributed by atoms with E-state index in [0.717, 1.165) is 12.0 Å². The highest BCUT2D eigenvalue weighted by Crippen LogP contribution is 2.13. The van der Waals surface area contributed by atoms with E-state index in [1.807, 2.05) is 19.3 Å². The van der Waals surface area contributed by atoms with Crippen LogP contribution in [0.3, 0.4) is 0 Å².